The Morgan fingerprint density at radius 3 is 2.74 bits per heavy atom. The molecule has 2 N–H and O–H groups in total. The van der Waals surface area contributed by atoms with Crippen LogP contribution in [0.3, 0.4) is 0 Å². The lowest BCUT2D eigenvalue weighted by Crippen LogP contribution is -2.25. The highest BCUT2D eigenvalue weighted by molar-refractivity contribution is 6.76. The standard InChI is InChI=1S/C13H25N3O2Si/c1-19(2,3)8-7-17-10-16-9-12(14)13(15-16)18-11-5-4-6-11/h9,11H,4-8,10,14H2,1-3H3. The van der Waals surface area contributed by atoms with Crippen molar-refractivity contribution in [1.82, 2.24) is 9.78 Å². The van der Waals surface area contributed by atoms with Crippen LogP contribution in [0, 0.1) is 0 Å². The lowest BCUT2D eigenvalue weighted by molar-refractivity contribution is 0.0736. The Kier molecular flexibility index (Phi) is 4.52. The van der Waals surface area contributed by atoms with Gasteiger partial charge in [-0.15, -0.1) is 5.10 Å². The van der Waals surface area contributed by atoms with Gasteiger partial charge in [0.15, 0.2) is 0 Å². The monoisotopic (exact) mass is 283 g/mol. The molecule has 0 aliphatic heterocycles. The normalized spacial score (nSPS) is 16.4. The highest BCUT2D eigenvalue weighted by atomic mass is 28.3. The number of nitrogen functional groups attached to an aromatic ring is 1. The number of nitrogens with zero attached hydrogens (tertiary/aromatic N) is 2. The fraction of sp³-hybridized carbons (Fsp3) is 0.769. The predicted octanol–water partition coefficient (Wildman–Crippen LogP) is 2.71. The van der Waals surface area contributed by atoms with Crippen LogP contribution in [0.4, 0.5) is 5.69 Å². The van der Waals surface area contributed by atoms with Gasteiger partial charge in [-0.05, 0) is 25.3 Å². The molecule has 0 bridgehead atoms. The Morgan fingerprint density at radius 2 is 2.16 bits per heavy atom. The second-order valence-electron chi connectivity index (χ2n) is 6.45. The zero-order chi connectivity index (χ0) is 13.9. The average molecular weight is 283 g/mol. The molecule has 0 unspecified atom stereocenters. The largest absolute Gasteiger partial charge is 0.472 e. The van der Waals surface area contributed by atoms with Gasteiger partial charge in [0.25, 0.3) is 5.88 Å². The second-order valence-corrected chi connectivity index (χ2v) is 12.1. The van der Waals surface area contributed by atoms with Crippen molar-refractivity contribution in [2.75, 3.05) is 12.3 Å². The summed E-state index contributed by atoms with van der Waals surface area (Å²) >= 11 is 0. The van der Waals surface area contributed by atoms with E-state index in [0.717, 1.165) is 25.5 Å². The van der Waals surface area contributed by atoms with Crippen LogP contribution in [-0.2, 0) is 11.5 Å². The maximum absolute atomic E-state index is 5.88. The molecule has 5 nitrogen and oxygen atoms in total. The first kappa shape index (κ1) is 14.4. The fourth-order valence-electron chi connectivity index (χ4n) is 1.76. The number of rotatable bonds is 7. The minimum absolute atomic E-state index is 0.304. The molecule has 1 heterocycles. The van der Waals surface area contributed by atoms with E-state index >= 15 is 0 Å². The van der Waals surface area contributed by atoms with Gasteiger partial charge in [0.1, 0.15) is 18.5 Å². The first-order chi connectivity index (χ1) is 8.94. The van der Waals surface area contributed by atoms with E-state index < -0.39 is 8.07 Å². The molecule has 0 aromatic carbocycles. The summed E-state index contributed by atoms with van der Waals surface area (Å²) in [5.74, 6) is 0.554. The van der Waals surface area contributed by atoms with Gasteiger partial charge in [-0.3, -0.25) is 0 Å². The van der Waals surface area contributed by atoms with E-state index in [1.807, 2.05) is 0 Å². The van der Waals surface area contributed by atoms with Crippen LogP contribution in [0.5, 0.6) is 5.88 Å². The highest BCUT2D eigenvalue weighted by Crippen LogP contribution is 2.27. The van der Waals surface area contributed by atoms with Crippen LogP contribution in [0.25, 0.3) is 0 Å². The predicted molar refractivity (Wildman–Crippen MR) is 79.0 cm³/mol. The second kappa shape index (κ2) is 5.96. The van der Waals surface area contributed by atoms with Crippen LogP contribution in [-0.4, -0.2) is 30.6 Å². The Bertz CT molecular complexity index is 411. The molecule has 1 aromatic heterocycles. The molecule has 19 heavy (non-hydrogen) atoms. The molecule has 0 spiro atoms. The molecule has 1 aromatic rings. The van der Waals surface area contributed by atoms with Crippen molar-refractivity contribution in [3.63, 3.8) is 0 Å². The maximum atomic E-state index is 5.88. The van der Waals surface area contributed by atoms with Gasteiger partial charge >= 0.3 is 0 Å². The summed E-state index contributed by atoms with van der Waals surface area (Å²) in [4.78, 5) is 0. The van der Waals surface area contributed by atoms with E-state index in [9.17, 15) is 0 Å². The molecule has 1 aliphatic rings. The summed E-state index contributed by atoms with van der Waals surface area (Å²) in [6.45, 7) is 8.25. The molecular weight excluding hydrogens is 258 g/mol. The van der Waals surface area contributed by atoms with Crippen molar-refractivity contribution >= 4 is 13.8 Å². The van der Waals surface area contributed by atoms with Crippen molar-refractivity contribution in [2.45, 2.75) is 57.8 Å². The zero-order valence-corrected chi connectivity index (χ0v) is 13.2. The molecule has 1 fully saturated rings. The van der Waals surface area contributed by atoms with E-state index in [1.165, 1.54) is 6.42 Å². The van der Waals surface area contributed by atoms with Gasteiger partial charge in [0.05, 0.1) is 6.20 Å². The summed E-state index contributed by atoms with van der Waals surface area (Å²) in [5, 5.41) is 4.32. The number of anilines is 1. The van der Waals surface area contributed by atoms with Gasteiger partial charge in [0, 0.05) is 14.7 Å². The zero-order valence-electron chi connectivity index (χ0n) is 12.2. The van der Waals surface area contributed by atoms with E-state index in [4.69, 9.17) is 15.2 Å². The number of hydrogen-bond donors (Lipinski definition) is 1. The van der Waals surface area contributed by atoms with Crippen molar-refractivity contribution in [3.05, 3.63) is 6.20 Å². The minimum Gasteiger partial charge on any atom is -0.472 e. The lowest BCUT2D eigenvalue weighted by Gasteiger charge is -2.25. The van der Waals surface area contributed by atoms with E-state index in [0.29, 0.717) is 24.4 Å². The van der Waals surface area contributed by atoms with Crippen molar-refractivity contribution < 1.29 is 9.47 Å². The quantitative estimate of drug-likeness (QED) is 0.617. The molecule has 6 heteroatoms. The number of hydrogen-bond acceptors (Lipinski definition) is 4. The van der Waals surface area contributed by atoms with Crippen molar-refractivity contribution in [1.29, 1.82) is 0 Å². The Morgan fingerprint density at radius 1 is 1.42 bits per heavy atom. The molecule has 0 radical (unpaired) electrons. The minimum atomic E-state index is -1.02. The number of aromatic nitrogens is 2. The third-order valence-corrected chi connectivity index (χ3v) is 5.01. The van der Waals surface area contributed by atoms with Gasteiger partial charge in [-0.1, -0.05) is 19.6 Å². The van der Waals surface area contributed by atoms with Crippen LogP contribution >= 0.6 is 0 Å². The fourth-order valence-corrected chi connectivity index (χ4v) is 2.52. The molecule has 108 valence electrons. The first-order valence-electron chi connectivity index (χ1n) is 7.01. The summed E-state index contributed by atoms with van der Waals surface area (Å²) in [7, 11) is -1.02. The SMILES string of the molecule is C[Si](C)(C)CCOCn1cc(N)c(OC2CCC2)n1. The van der Waals surface area contributed by atoms with Crippen molar-refractivity contribution in [3.8, 4) is 5.88 Å². The van der Waals surface area contributed by atoms with E-state index in [1.54, 1.807) is 10.9 Å². The third-order valence-electron chi connectivity index (χ3n) is 3.30. The highest BCUT2D eigenvalue weighted by Gasteiger charge is 2.21. The lowest BCUT2D eigenvalue weighted by atomic mass is 9.96. The van der Waals surface area contributed by atoms with Crippen molar-refractivity contribution in [2.24, 2.45) is 0 Å². The smallest absolute Gasteiger partial charge is 0.256 e. The maximum Gasteiger partial charge on any atom is 0.256 e. The topological polar surface area (TPSA) is 62.3 Å². The molecule has 2 rings (SSSR count). The summed E-state index contributed by atoms with van der Waals surface area (Å²) < 4.78 is 13.1. The van der Waals surface area contributed by atoms with Crippen LogP contribution in [0.2, 0.25) is 25.7 Å². The number of nitrogens with two attached hydrogens (primary N) is 1. The number of ether oxygens (including phenoxy) is 2. The van der Waals surface area contributed by atoms with Crippen LogP contribution in [0.1, 0.15) is 19.3 Å². The summed E-state index contributed by atoms with van der Waals surface area (Å²) in [6, 6.07) is 1.16. The van der Waals surface area contributed by atoms with Gasteiger partial charge < -0.3 is 15.2 Å². The van der Waals surface area contributed by atoms with Gasteiger partial charge in [-0.2, -0.15) is 0 Å². The van der Waals surface area contributed by atoms with Gasteiger partial charge in [-0.25, -0.2) is 4.68 Å². The molecule has 1 aliphatic carbocycles. The molecule has 1 saturated carbocycles. The molecule has 0 amide bonds. The van der Waals surface area contributed by atoms with Gasteiger partial charge in [0.2, 0.25) is 0 Å². The third kappa shape index (κ3) is 4.54. The molecule has 0 atom stereocenters. The first-order valence-corrected chi connectivity index (χ1v) is 10.7. The average Bonchev–Trinajstić information content (AvgIpc) is 2.59. The van der Waals surface area contributed by atoms with Crippen LogP contribution in [0.15, 0.2) is 6.20 Å². The summed E-state index contributed by atoms with van der Waals surface area (Å²) in [5.41, 5.74) is 6.48. The molecular formula is C13H25N3O2Si. The molecule has 0 saturated heterocycles. The Labute approximate surface area is 116 Å². The van der Waals surface area contributed by atoms with E-state index in [-0.39, 0.29) is 0 Å². The summed E-state index contributed by atoms with van der Waals surface area (Å²) in [6.07, 6.45) is 5.55. The van der Waals surface area contributed by atoms with Crippen LogP contribution < -0.4 is 10.5 Å². The Hall–Kier alpha value is -1.01. The van der Waals surface area contributed by atoms with E-state index in [2.05, 4.69) is 24.7 Å². The Balaban J connectivity index is 1.76.